The zero-order valence-corrected chi connectivity index (χ0v) is 10.9. The van der Waals surface area contributed by atoms with E-state index in [1.165, 1.54) is 30.2 Å². The van der Waals surface area contributed by atoms with Crippen LogP contribution in [0, 0.1) is 0 Å². The van der Waals surface area contributed by atoms with Crippen molar-refractivity contribution in [2.75, 3.05) is 12.9 Å². The number of rotatable bonds is 4. The van der Waals surface area contributed by atoms with Crippen LogP contribution in [-0.4, -0.2) is 38.8 Å². The van der Waals surface area contributed by atoms with Crippen LogP contribution in [0.4, 0.5) is 0 Å². The Balaban J connectivity index is 2.03. The molecule has 0 N–H and O–H groups in total. The first kappa shape index (κ1) is 12.1. The molecule has 6 nitrogen and oxygen atoms in total. The molecule has 0 spiro atoms. The minimum atomic E-state index is -0.274. The Morgan fingerprint density at radius 3 is 3.06 bits per heavy atom. The largest absolute Gasteiger partial charge is 0.468 e. The number of esters is 1. The summed E-state index contributed by atoms with van der Waals surface area (Å²) in [4.78, 5) is 11.0. The zero-order chi connectivity index (χ0) is 12.3. The van der Waals surface area contributed by atoms with Gasteiger partial charge >= 0.3 is 5.97 Å². The van der Waals surface area contributed by atoms with Crippen molar-refractivity contribution in [3.05, 3.63) is 12.3 Å². The van der Waals surface area contributed by atoms with Crippen LogP contribution in [0.5, 0.6) is 0 Å². The van der Waals surface area contributed by atoms with E-state index in [2.05, 4.69) is 20.0 Å². The fraction of sp³-hybridized carbons (Fsp3) is 0.333. The lowest BCUT2D eigenvalue weighted by Gasteiger charge is -1.94. The molecule has 0 aliphatic rings. The summed E-state index contributed by atoms with van der Waals surface area (Å²) in [5.74, 6) is -0.0301. The molecule has 0 unspecified atom stereocenters. The number of hydrogen-bond donors (Lipinski definition) is 0. The summed E-state index contributed by atoms with van der Waals surface area (Å²) in [6, 6.07) is 1.87. The highest BCUT2D eigenvalue weighted by Gasteiger charge is 2.11. The average Bonchev–Trinajstić information content (AvgIpc) is 2.94. The molecule has 0 radical (unpaired) electrons. The number of methoxy groups -OCH3 is 1. The van der Waals surface area contributed by atoms with Crippen molar-refractivity contribution in [3.8, 4) is 10.7 Å². The minimum absolute atomic E-state index is 0.243. The van der Waals surface area contributed by atoms with E-state index in [-0.39, 0.29) is 11.7 Å². The number of hydrogen-bond acceptors (Lipinski definition) is 7. The number of aryl methyl sites for hydroxylation is 1. The molecule has 2 rings (SSSR count). The molecule has 0 amide bonds. The van der Waals surface area contributed by atoms with Crippen molar-refractivity contribution < 1.29 is 9.53 Å². The third-order valence-electron chi connectivity index (χ3n) is 1.88. The quantitative estimate of drug-likeness (QED) is 0.614. The number of thioether (sulfide) groups is 1. The van der Waals surface area contributed by atoms with Crippen LogP contribution in [0.2, 0.25) is 0 Å². The van der Waals surface area contributed by atoms with Crippen LogP contribution in [0.3, 0.4) is 0 Å². The standard InChI is InChI=1S/C9H10N4O2S2/c1-13-4-3-6(12-13)8-10-11-9(17-8)16-5-7(14)15-2/h3-4H,5H2,1-2H3. The number of aromatic nitrogens is 4. The van der Waals surface area contributed by atoms with Gasteiger partial charge in [-0.05, 0) is 6.07 Å². The van der Waals surface area contributed by atoms with Crippen molar-refractivity contribution in [1.29, 1.82) is 0 Å². The maximum Gasteiger partial charge on any atom is 0.316 e. The second kappa shape index (κ2) is 5.28. The van der Waals surface area contributed by atoms with Crippen LogP contribution < -0.4 is 0 Å². The van der Waals surface area contributed by atoms with Crippen molar-refractivity contribution in [2.24, 2.45) is 7.05 Å². The Kier molecular flexibility index (Phi) is 3.75. The minimum Gasteiger partial charge on any atom is -0.468 e. The maximum atomic E-state index is 11.0. The molecule has 0 atom stereocenters. The number of nitrogens with zero attached hydrogens (tertiary/aromatic N) is 4. The molecule has 0 fully saturated rings. The highest BCUT2D eigenvalue weighted by molar-refractivity contribution is 8.01. The lowest BCUT2D eigenvalue weighted by Crippen LogP contribution is -2.02. The lowest BCUT2D eigenvalue weighted by atomic mass is 10.5. The molecule has 0 aliphatic carbocycles. The van der Waals surface area contributed by atoms with E-state index in [0.29, 0.717) is 0 Å². The lowest BCUT2D eigenvalue weighted by molar-refractivity contribution is -0.137. The Hall–Kier alpha value is -1.41. The fourth-order valence-corrected chi connectivity index (χ4v) is 2.73. The SMILES string of the molecule is COC(=O)CSc1nnc(-c2ccn(C)n2)s1. The second-order valence-electron chi connectivity index (χ2n) is 3.11. The molecule has 0 saturated carbocycles. The van der Waals surface area contributed by atoms with E-state index in [1.807, 2.05) is 19.3 Å². The summed E-state index contributed by atoms with van der Waals surface area (Å²) in [5.41, 5.74) is 0.787. The first-order chi connectivity index (χ1) is 8.19. The van der Waals surface area contributed by atoms with Crippen molar-refractivity contribution >= 4 is 29.1 Å². The molecule has 2 aromatic rings. The summed E-state index contributed by atoms with van der Waals surface area (Å²) < 4.78 is 6.99. The van der Waals surface area contributed by atoms with Gasteiger partial charge in [-0.15, -0.1) is 10.2 Å². The molecule has 8 heteroatoms. The molecule has 0 bridgehead atoms. The summed E-state index contributed by atoms with van der Waals surface area (Å²) in [6.45, 7) is 0. The predicted molar refractivity (Wildman–Crippen MR) is 64.9 cm³/mol. The number of carbonyl (C=O) groups excluding carboxylic acids is 1. The van der Waals surface area contributed by atoms with Gasteiger partial charge in [-0.25, -0.2) is 0 Å². The second-order valence-corrected chi connectivity index (χ2v) is 5.31. The molecule has 0 aliphatic heterocycles. The number of carbonyl (C=O) groups is 1. The van der Waals surface area contributed by atoms with E-state index in [9.17, 15) is 4.79 Å². The monoisotopic (exact) mass is 270 g/mol. The third-order valence-corrected chi connectivity index (χ3v) is 3.93. The Bertz CT molecular complexity index is 523. The van der Waals surface area contributed by atoms with Crippen LogP contribution in [0.25, 0.3) is 10.7 Å². The summed E-state index contributed by atoms with van der Waals surface area (Å²) in [6.07, 6.45) is 1.85. The van der Waals surface area contributed by atoms with Crippen LogP contribution in [-0.2, 0) is 16.6 Å². The van der Waals surface area contributed by atoms with E-state index in [0.717, 1.165) is 15.0 Å². The summed E-state index contributed by atoms with van der Waals surface area (Å²) in [7, 11) is 3.21. The fourth-order valence-electron chi connectivity index (χ4n) is 1.08. The predicted octanol–water partition coefficient (Wildman–Crippen LogP) is 1.20. The first-order valence-corrected chi connectivity index (χ1v) is 6.52. The topological polar surface area (TPSA) is 69.9 Å². The van der Waals surface area contributed by atoms with Gasteiger partial charge in [-0.3, -0.25) is 9.48 Å². The van der Waals surface area contributed by atoms with Gasteiger partial charge in [0.1, 0.15) is 5.69 Å². The van der Waals surface area contributed by atoms with Gasteiger partial charge in [0, 0.05) is 13.2 Å². The average molecular weight is 270 g/mol. The summed E-state index contributed by atoms with van der Waals surface area (Å²) >= 11 is 2.72. The van der Waals surface area contributed by atoms with Gasteiger partial charge < -0.3 is 4.74 Å². The molecule has 2 heterocycles. The Labute approximate surface area is 106 Å². The van der Waals surface area contributed by atoms with E-state index >= 15 is 0 Å². The Morgan fingerprint density at radius 2 is 2.41 bits per heavy atom. The molecule has 2 aromatic heterocycles. The number of ether oxygens (including phenoxy) is 1. The highest BCUT2D eigenvalue weighted by Crippen LogP contribution is 2.28. The van der Waals surface area contributed by atoms with E-state index < -0.39 is 0 Å². The van der Waals surface area contributed by atoms with Gasteiger partial charge in [0.2, 0.25) is 0 Å². The molecule has 17 heavy (non-hydrogen) atoms. The van der Waals surface area contributed by atoms with Crippen molar-refractivity contribution in [1.82, 2.24) is 20.0 Å². The van der Waals surface area contributed by atoms with Gasteiger partial charge in [0.15, 0.2) is 9.35 Å². The van der Waals surface area contributed by atoms with E-state index in [1.54, 1.807) is 4.68 Å². The molecule has 0 saturated heterocycles. The van der Waals surface area contributed by atoms with Crippen LogP contribution >= 0.6 is 23.1 Å². The van der Waals surface area contributed by atoms with Crippen LogP contribution in [0.15, 0.2) is 16.6 Å². The van der Waals surface area contributed by atoms with Crippen LogP contribution in [0.1, 0.15) is 0 Å². The summed E-state index contributed by atoms with van der Waals surface area (Å²) in [5, 5.41) is 13.0. The van der Waals surface area contributed by atoms with Gasteiger partial charge in [0.05, 0.1) is 12.9 Å². The Morgan fingerprint density at radius 1 is 1.59 bits per heavy atom. The van der Waals surface area contributed by atoms with Gasteiger partial charge in [-0.1, -0.05) is 23.1 Å². The first-order valence-electron chi connectivity index (χ1n) is 4.72. The smallest absolute Gasteiger partial charge is 0.316 e. The maximum absolute atomic E-state index is 11.0. The normalized spacial score (nSPS) is 10.5. The van der Waals surface area contributed by atoms with Crippen molar-refractivity contribution in [2.45, 2.75) is 4.34 Å². The molecule has 0 aromatic carbocycles. The van der Waals surface area contributed by atoms with E-state index in [4.69, 9.17) is 0 Å². The molecular formula is C9H10N4O2S2. The van der Waals surface area contributed by atoms with Gasteiger partial charge in [-0.2, -0.15) is 5.10 Å². The molecule has 90 valence electrons. The third kappa shape index (κ3) is 3.04. The van der Waals surface area contributed by atoms with Crippen molar-refractivity contribution in [3.63, 3.8) is 0 Å². The highest BCUT2D eigenvalue weighted by atomic mass is 32.2. The zero-order valence-electron chi connectivity index (χ0n) is 9.28. The van der Waals surface area contributed by atoms with Gasteiger partial charge in [0.25, 0.3) is 0 Å². The molecular weight excluding hydrogens is 260 g/mol.